The standard InChI is InChI=1S/C51H32N4S/c1-3-13-33(14-4-1)35-25-27-36(28-26-35)49-52-50(38-18-11-17-37(31-38)34-15-5-2-6-16-34)54-51(53-49)39-29-30-42-43-21-12-24-46(48(43)56-47(42)32-39)55-44-22-9-7-19-40(44)41-20-8-10-23-45(41)55/h1-32H/i12D,21D,24D,29D,30D,32D. The SMILES string of the molecule is [2H]c1c([2H])c([2H])c2c(sc3c([2H])c(-c4nc(-c5ccc(-c6ccccc6)cc5)nc(-c5cccc(-c6ccccc6)c5)n4)c([2H])c([2H])c32)c1-n1c2ccccc2c2ccccc21. The fourth-order valence-corrected chi connectivity index (χ4v) is 8.60. The molecule has 56 heavy (non-hydrogen) atoms. The number of aromatic nitrogens is 4. The van der Waals surface area contributed by atoms with E-state index in [1.165, 1.54) is 11.3 Å². The maximum Gasteiger partial charge on any atom is 0.164 e. The zero-order valence-corrected chi connectivity index (χ0v) is 30.5. The predicted molar refractivity (Wildman–Crippen MR) is 234 cm³/mol. The van der Waals surface area contributed by atoms with Gasteiger partial charge in [-0.1, -0.05) is 164 Å². The third-order valence-electron chi connectivity index (χ3n) is 10.2. The van der Waals surface area contributed by atoms with Crippen LogP contribution in [-0.4, -0.2) is 19.5 Å². The van der Waals surface area contributed by atoms with Gasteiger partial charge in [-0.3, -0.25) is 0 Å². The van der Waals surface area contributed by atoms with E-state index in [1.54, 1.807) is 0 Å². The number of benzene rings is 8. The molecule has 8 aromatic carbocycles. The van der Waals surface area contributed by atoms with Crippen LogP contribution in [0.2, 0.25) is 0 Å². The Labute approximate surface area is 336 Å². The van der Waals surface area contributed by atoms with Crippen molar-refractivity contribution in [2.75, 3.05) is 0 Å². The van der Waals surface area contributed by atoms with Crippen LogP contribution >= 0.6 is 11.3 Å². The quantitative estimate of drug-likeness (QED) is 0.171. The fourth-order valence-electron chi connectivity index (χ4n) is 7.49. The zero-order chi connectivity index (χ0) is 42.2. The van der Waals surface area contributed by atoms with Crippen molar-refractivity contribution in [1.29, 1.82) is 0 Å². The van der Waals surface area contributed by atoms with Gasteiger partial charge < -0.3 is 4.57 Å². The van der Waals surface area contributed by atoms with Crippen LogP contribution in [0.5, 0.6) is 0 Å². The second kappa shape index (κ2) is 13.3. The minimum atomic E-state index is -0.293. The molecule has 0 aliphatic carbocycles. The number of para-hydroxylation sites is 2. The molecule has 0 aliphatic rings. The van der Waals surface area contributed by atoms with Gasteiger partial charge in [0.2, 0.25) is 0 Å². The summed E-state index contributed by atoms with van der Waals surface area (Å²) in [5.41, 5.74) is 7.62. The molecular formula is C51H32N4S. The molecule has 11 aromatic rings. The molecule has 262 valence electrons. The second-order valence-corrected chi connectivity index (χ2v) is 14.6. The molecule has 0 N–H and O–H groups in total. The van der Waals surface area contributed by atoms with Crippen LogP contribution in [0.15, 0.2) is 194 Å². The Kier molecular flexibility index (Phi) is 6.29. The van der Waals surface area contributed by atoms with Crippen LogP contribution in [0.1, 0.15) is 8.22 Å². The minimum absolute atomic E-state index is 0.0567. The van der Waals surface area contributed by atoms with E-state index >= 15 is 0 Å². The van der Waals surface area contributed by atoms with Crippen molar-refractivity contribution in [3.05, 3.63) is 194 Å². The number of rotatable bonds is 6. The van der Waals surface area contributed by atoms with Crippen molar-refractivity contribution in [3.63, 3.8) is 0 Å². The van der Waals surface area contributed by atoms with Crippen LogP contribution in [-0.2, 0) is 0 Å². The zero-order valence-electron chi connectivity index (χ0n) is 35.7. The fraction of sp³-hybridized carbons (Fsp3) is 0. The molecule has 5 heteroatoms. The highest BCUT2D eigenvalue weighted by Crippen LogP contribution is 2.42. The average molecular weight is 739 g/mol. The monoisotopic (exact) mass is 738 g/mol. The average Bonchev–Trinajstić information content (AvgIpc) is 3.88. The lowest BCUT2D eigenvalue weighted by atomic mass is 10.0. The van der Waals surface area contributed by atoms with Crippen molar-refractivity contribution in [3.8, 4) is 62.1 Å². The highest BCUT2D eigenvalue weighted by Gasteiger charge is 2.18. The van der Waals surface area contributed by atoms with Gasteiger partial charge in [0.05, 0.1) is 29.6 Å². The number of hydrogen-bond donors (Lipinski definition) is 0. The third-order valence-corrected chi connectivity index (χ3v) is 11.3. The van der Waals surface area contributed by atoms with Crippen LogP contribution in [0.25, 0.3) is 104 Å². The smallest absolute Gasteiger partial charge is 0.164 e. The summed E-state index contributed by atoms with van der Waals surface area (Å²) >= 11 is 1.19. The largest absolute Gasteiger partial charge is 0.308 e. The van der Waals surface area contributed by atoms with Crippen LogP contribution in [0, 0.1) is 0 Å². The molecule has 0 saturated carbocycles. The maximum absolute atomic E-state index is 9.80. The first-order chi connectivity index (χ1) is 30.3. The van der Waals surface area contributed by atoms with Crippen molar-refractivity contribution in [2.24, 2.45) is 0 Å². The summed E-state index contributed by atoms with van der Waals surface area (Å²) in [6.45, 7) is 0. The minimum Gasteiger partial charge on any atom is -0.308 e. The van der Waals surface area contributed by atoms with Gasteiger partial charge in [0, 0.05) is 42.9 Å². The number of hydrogen-bond acceptors (Lipinski definition) is 4. The van der Waals surface area contributed by atoms with E-state index in [0.29, 0.717) is 37.9 Å². The van der Waals surface area contributed by atoms with Gasteiger partial charge in [0.1, 0.15) is 0 Å². The van der Waals surface area contributed by atoms with Gasteiger partial charge in [-0.05, 0) is 52.5 Å². The highest BCUT2D eigenvalue weighted by molar-refractivity contribution is 7.26. The van der Waals surface area contributed by atoms with E-state index in [2.05, 4.69) is 0 Å². The van der Waals surface area contributed by atoms with Crippen LogP contribution in [0.3, 0.4) is 0 Å². The van der Waals surface area contributed by atoms with E-state index in [9.17, 15) is 6.85 Å². The lowest BCUT2D eigenvalue weighted by Crippen LogP contribution is -2.00. The first-order valence-corrected chi connectivity index (χ1v) is 19.1. The summed E-state index contributed by atoms with van der Waals surface area (Å²) in [6.07, 6.45) is 0. The molecular weight excluding hydrogens is 701 g/mol. The topological polar surface area (TPSA) is 43.6 Å². The van der Waals surface area contributed by atoms with Gasteiger partial charge in [0.15, 0.2) is 17.5 Å². The van der Waals surface area contributed by atoms with Crippen LogP contribution < -0.4 is 0 Å². The Hall–Kier alpha value is -7.21. The molecule has 0 atom stereocenters. The summed E-state index contributed by atoms with van der Waals surface area (Å²) in [5, 5.41) is 2.45. The molecule has 0 amide bonds. The third kappa shape index (κ3) is 5.48. The molecule has 0 radical (unpaired) electrons. The number of fused-ring (bicyclic) bond motifs is 6. The van der Waals surface area contributed by atoms with Gasteiger partial charge in [0.25, 0.3) is 0 Å². The van der Waals surface area contributed by atoms with E-state index in [1.807, 2.05) is 162 Å². The molecule has 0 bridgehead atoms. The predicted octanol–water partition coefficient (Wildman–Crippen LogP) is 13.7. The summed E-state index contributed by atoms with van der Waals surface area (Å²) in [4.78, 5) is 14.9. The van der Waals surface area contributed by atoms with E-state index in [0.717, 1.165) is 44.1 Å². The molecule has 3 aromatic heterocycles. The molecule has 11 rings (SSSR count). The Morgan fingerprint density at radius 1 is 0.411 bits per heavy atom. The van der Waals surface area contributed by atoms with Crippen molar-refractivity contribution in [2.45, 2.75) is 0 Å². The molecule has 3 heterocycles. The summed E-state index contributed by atoms with van der Waals surface area (Å²) in [7, 11) is 0. The molecule has 0 spiro atoms. The van der Waals surface area contributed by atoms with Crippen molar-refractivity contribution >= 4 is 53.3 Å². The lowest BCUT2D eigenvalue weighted by Gasteiger charge is -2.10. The Bertz CT molecular complexity index is 3540. The highest BCUT2D eigenvalue weighted by atomic mass is 32.1. The molecule has 0 unspecified atom stereocenters. The first kappa shape index (κ1) is 26.5. The van der Waals surface area contributed by atoms with Gasteiger partial charge >= 0.3 is 0 Å². The van der Waals surface area contributed by atoms with E-state index < -0.39 is 0 Å². The normalized spacial score (nSPS) is 13.1. The van der Waals surface area contributed by atoms with Gasteiger partial charge in [-0.15, -0.1) is 11.3 Å². The summed E-state index contributed by atoms with van der Waals surface area (Å²) in [6, 6.07) is 50.5. The number of thiophene rings is 1. The van der Waals surface area contributed by atoms with Gasteiger partial charge in [-0.25, -0.2) is 15.0 Å². The second-order valence-electron chi connectivity index (χ2n) is 13.6. The molecule has 4 nitrogen and oxygen atoms in total. The molecule has 0 saturated heterocycles. The number of nitrogens with zero attached hydrogens (tertiary/aromatic N) is 4. The molecule has 0 aliphatic heterocycles. The van der Waals surface area contributed by atoms with Gasteiger partial charge in [-0.2, -0.15) is 0 Å². The Morgan fingerprint density at radius 3 is 1.64 bits per heavy atom. The van der Waals surface area contributed by atoms with E-state index in [4.69, 9.17) is 16.3 Å². The summed E-state index contributed by atoms with van der Waals surface area (Å²) in [5.74, 6) is 0.758. The van der Waals surface area contributed by atoms with Crippen molar-refractivity contribution < 1.29 is 8.22 Å². The molecule has 0 fully saturated rings. The maximum atomic E-state index is 9.80. The Morgan fingerprint density at radius 2 is 0.946 bits per heavy atom. The van der Waals surface area contributed by atoms with Crippen LogP contribution in [0.4, 0.5) is 0 Å². The summed E-state index contributed by atoms with van der Waals surface area (Å²) < 4.78 is 59.1. The van der Waals surface area contributed by atoms with Crippen molar-refractivity contribution in [1.82, 2.24) is 19.5 Å². The first-order valence-electron chi connectivity index (χ1n) is 21.3. The van der Waals surface area contributed by atoms with E-state index in [-0.39, 0.29) is 58.4 Å². The Balaban J connectivity index is 1.16. The lowest BCUT2D eigenvalue weighted by molar-refractivity contribution is 1.07.